The van der Waals surface area contributed by atoms with Crippen LogP contribution in [0.2, 0.25) is 5.28 Å². The first-order valence-corrected chi connectivity index (χ1v) is 5.68. The number of anilines is 1. The van der Waals surface area contributed by atoms with Crippen molar-refractivity contribution in [2.75, 3.05) is 32.0 Å². The highest BCUT2D eigenvalue weighted by Gasteiger charge is 2.05. The van der Waals surface area contributed by atoms with E-state index in [9.17, 15) is 0 Å². The second-order valence-electron chi connectivity index (χ2n) is 3.27. The highest BCUT2D eigenvalue weighted by molar-refractivity contribution is 6.28. The molecule has 0 spiro atoms. The van der Waals surface area contributed by atoms with Gasteiger partial charge in [0.05, 0.1) is 6.20 Å². The van der Waals surface area contributed by atoms with Crippen molar-refractivity contribution in [3.8, 4) is 5.88 Å². The van der Waals surface area contributed by atoms with Crippen LogP contribution in [0.4, 0.5) is 5.69 Å². The minimum absolute atomic E-state index is 0.145. The summed E-state index contributed by atoms with van der Waals surface area (Å²) in [6.45, 7) is 7.60. The molecule has 0 aliphatic rings. The summed E-state index contributed by atoms with van der Waals surface area (Å²) < 4.78 is 5.45. The zero-order chi connectivity index (χ0) is 12.0. The van der Waals surface area contributed by atoms with E-state index in [0.717, 1.165) is 19.6 Å². The molecule has 0 aliphatic heterocycles. The summed E-state index contributed by atoms with van der Waals surface area (Å²) >= 11 is 5.64. The Morgan fingerprint density at radius 2 is 2.12 bits per heavy atom. The van der Waals surface area contributed by atoms with E-state index in [0.29, 0.717) is 18.2 Å². The van der Waals surface area contributed by atoms with Gasteiger partial charge in [0.1, 0.15) is 12.3 Å². The summed E-state index contributed by atoms with van der Waals surface area (Å²) in [6.07, 6.45) is 1.45. The number of ether oxygens (including phenoxy) is 1. The number of hydrogen-bond donors (Lipinski definition) is 1. The number of nitrogens with zero attached hydrogens (tertiary/aromatic N) is 3. The summed E-state index contributed by atoms with van der Waals surface area (Å²) in [4.78, 5) is 9.91. The van der Waals surface area contributed by atoms with Gasteiger partial charge in [-0.15, -0.1) is 0 Å². The molecule has 0 fully saturated rings. The van der Waals surface area contributed by atoms with Crippen LogP contribution in [-0.4, -0.2) is 41.1 Å². The monoisotopic (exact) mass is 244 g/mol. The molecule has 0 bridgehead atoms. The standard InChI is InChI=1S/C10H17ClN4O/c1-3-15(4-2)5-6-16-9-8(12)7-13-10(11)14-9/h7H,3-6,12H2,1-2H3. The van der Waals surface area contributed by atoms with Gasteiger partial charge in [-0.2, -0.15) is 4.98 Å². The highest BCUT2D eigenvalue weighted by Crippen LogP contribution is 2.18. The van der Waals surface area contributed by atoms with Crippen molar-refractivity contribution in [1.29, 1.82) is 0 Å². The van der Waals surface area contributed by atoms with Crippen molar-refractivity contribution in [3.63, 3.8) is 0 Å². The van der Waals surface area contributed by atoms with Gasteiger partial charge in [-0.3, -0.25) is 0 Å². The smallest absolute Gasteiger partial charge is 0.241 e. The predicted molar refractivity (Wildman–Crippen MR) is 64.7 cm³/mol. The third-order valence-electron chi connectivity index (χ3n) is 2.29. The van der Waals surface area contributed by atoms with E-state index in [1.807, 2.05) is 0 Å². The lowest BCUT2D eigenvalue weighted by atomic mass is 10.5. The molecule has 0 saturated heterocycles. The van der Waals surface area contributed by atoms with Gasteiger partial charge in [-0.25, -0.2) is 4.98 Å². The van der Waals surface area contributed by atoms with E-state index in [1.165, 1.54) is 6.20 Å². The van der Waals surface area contributed by atoms with E-state index in [1.54, 1.807) is 0 Å². The summed E-state index contributed by atoms with van der Waals surface area (Å²) in [6, 6.07) is 0. The number of rotatable bonds is 6. The second-order valence-corrected chi connectivity index (χ2v) is 3.61. The van der Waals surface area contributed by atoms with Crippen molar-refractivity contribution in [2.45, 2.75) is 13.8 Å². The van der Waals surface area contributed by atoms with Gasteiger partial charge in [0, 0.05) is 6.54 Å². The fraction of sp³-hybridized carbons (Fsp3) is 0.600. The summed E-state index contributed by atoms with van der Waals surface area (Å²) in [5, 5.41) is 0.145. The molecule has 1 heterocycles. The third-order valence-corrected chi connectivity index (χ3v) is 2.47. The Morgan fingerprint density at radius 1 is 1.44 bits per heavy atom. The van der Waals surface area contributed by atoms with E-state index in [2.05, 4.69) is 28.7 Å². The Morgan fingerprint density at radius 3 is 2.75 bits per heavy atom. The molecular weight excluding hydrogens is 228 g/mol. The maximum atomic E-state index is 5.65. The van der Waals surface area contributed by atoms with Gasteiger partial charge in [-0.1, -0.05) is 13.8 Å². The van der Waals surface area contributed by atoms with Crippen LogP contribution in [0.5, 0.6) is 5.88 Å². The van der Waals surface area contributed by atoms with Crippen LogP contribution in [0.3, 0.4) is 0 Å². The summed E-state index contributed by atoms with van der Waals surface area (Å²) in [5.41, 5.74) is 6.06. The second kappa shape index (κ2) is 6.50. The molecule has 5 nitrogen and oxygen atoms in total. The van der Waals surface area contributed by atoms with Crippen molar-refractivity contribution >= 4 is 17.3 Å². The van der Waals surface area contributed by atoms with Crippen LogP contribution in [0.25, 0.3) is 0 Å². The number of aromatic nitrogens is 2. The summed E-state index contributed by atoms with van der Waals surface area (Å²) in [5.74, 6) is 0.354. The van der Waals surface area contributed by atoms with E-state index in [4.69, 9.17) is 22.1 Å². The molecule has 16 heavy (non-hydrogen) atoms. The minimum atomic E-state index is 0.145. The zero-order valence-corrected chi connectivity index (χ0v) is 10.4. The Kier molecular flexibility index (Phi) is 5.28. The van der Waals surface area contributed by atoms with Gasteiger partial charge in [0.25, 0.3) is 0 Å². The third kappa shape index (κ3) is 3.83. The van der Waals surface area contributed by atoms with Crippen molar-refractivity contribution in [1.82, 2.24) is 14.9 Å². The van der Waals surface area contributed by atoms with Crippen LogP contribution in [-0.2, 0) is 0 Å². The molecular formula is C10H17ClN4O. The topological polar surface area (TPSA) is 64.3 Å². The molecule has 2 N–H and O–H groups in total. The fourth-order valence-corrected chi connectivity index (χ4v) is 1.41. The maximum absolute atomic E-state index is 5.65. The first kappa shape index (κ1) is 13.0. The largest absolute Gasteiger partial charge is 0.475 e. The Balaban J connectivity index is 2.45. The van der Waals surface area contributed by atoms with Crippen LogP contribution in [0.15, 0.2) is 6.20 Å². The fourth-order valence-electron chi connectivity index (χ4n) is 1.28. The average Bonchev–Trinajstić information content (AvgIpc) is 2.29. The van der Waals surface area contributed by atoms with Crippen molar-refractivity contribution < 1.29 is 4.74 Å². The number of likely N-dealkylation sites (N-methyl/N-ethyl adjacent to an activating group) is 1. The molecule has 0 atom stereocenters. The minimum Gasteiger partial charge on any atom is -0.475 e. The van der Waals surface area contributed by atoms with E-state index >= 15 is 0 Å². The predicted octanol–water partition coefficient (Wildman–Crippen LogP) is 1.43. The lowest BCUT2D eigenvalue weighted by Gasteiger charge is -2.17. The number of hydrogen-bond acceptors (Lipinski definition) is 5. The van der Waals surface area contributed by atoms with Gasteiger partial charge < -0.3 is 15.4 Å². The van der Waals surface area contributed by atoms with Crippen molar-refractivity contribution in [2.24, 2.45) is 0 Å². The normalized spacial score (nSPS) is 10.8. The van der Waals surface area contributed by atoms with Gasteiger partial charge >= 0.3 is 0 Å². The van der Waals surface area contributed by atoms with Gasteiger partial charge in [-0.05, 0) is 24.7 Å². The first-order chi connectivity index (χ1) is 7.67. The lowest BCUT2D eigenvalue weighted by Crippen LogP contribution is -2.28. The van der Waals surface area contributed by atoms with Crippen LogP contribution in [0.1, 0.15) is 13.8 Å². The van der Waals surface area contributed by atoms with Crippen LogP contribution in [0, 0.1) is 0 Å². The molecule has 0 radical (unpaired) electrons. The molecule has 6 heteroatoms. The van der Waals surface area contributed by atoms with Crippen LogP contribution < -0.4 is 10.5 Å². The van der Waals surface area contributed by atoms with E-state index < -0.39 is 0 Å². The van der Waals surface area contributed by atoms with Crippen molar-refractivity contribution in [3.05, 3.63) is 11.5 Å². The Hall–Kier alpha value is -1.07. The van der Waals surface area contributed by atoms with E-state index in [-0.39, 0.29) is 5.28 Å². The number of nitrogen functional groups attached to an aromatic ring is 1. The molecule has 0 saturated carbocycles. The van der Waals surface area contributed by atoms with Crippen LogP contribution >= 0.6 is 11.6 Å². The molecule has 0 aromatic carbocycles. The molecule has 90 valence electrons. The Bertz CT molecular complexity index is 331. The maximum Gasteiger partial charge on any atom is 0.241 e. The lowest BCUT2D eigenvalue weighted by molar-refractivity contribution is 0.218. The highest BCUT2D eigenvalue weighted by atomic mass is 35.5. The Labute approximate surface area is 101 Å². The number of nitrogens with two attached hydrogens (primary N) is 1. The zero-order valence-electron chi connectivity index (χ0n) is 9.61. The molecule has 0 unspecified atom stereocenters. The molecule has 0 amide bonds. The molecule has 1 aromatic heterocycles. The summed E-state index contributed by atoms with van der Waals surface area (Å²) in [7, 11) is 0. The molecule has 1 rings (SSSR count). The van der Waals surface area contributed by atoms with Gasteiger partial charge in [0.2, 0.25) is 11.2 Å². The molecule has 0 aliphatic carbocycles. The molecule has 1 aromatic rings. The quantitative estimate of drug-likeness (QED) is 0.767. The van der Waals surface area contributed by atoms with Gasteiger partial charge in [0.15, 0.2) is 0 Å². The SMILES string of the molecule is CCN(CC)CCOc1nc(Cl)ncc1N. The first-order valence-electron chi connectivity index (χ1n) is 5.30. The number of halogens is 1. The average molecular weight is 245 g/mol.